The van der Waals surface area contributed by atoms with Gasteiger partial charge in [0.05, 0.1) is 4.34 Å². The van der Waals surface area contributed by atoms with Crippen molar-refractivity contribution in [1.82, 2.24) is 4.90 Å². The Kier molecular flexibility index (Phi) is 3.44. The van der Waals surface area contributed by atoms with Gasteiger partial charge in [-0.2, -0.15) is 0 Å². The summed E-state index contributed by atoms with van der Waals surface area (Å²) in [6, 6.07) is 2.11. The molecule has 1 aromatic heterocycles. The van der Waals surface area contributed by atoms with E-state index in [1.165, 1.54) is 25.9 Å². The highest BCUT2D eigenvalue weighted by atomic mass is 35.5. The maximum atomic E-state index is 6.10. The zero-order chi connectivity index (χ0) is 9.97. The van der Waals surface area contributed by atoms with Crippen LogP contribution in [0.4, 0.5) is 0 Å². The molecule has 0 saturated carbocycles. The fraction of sp³-hybridized carbons (Fsp3) is 0.600. The van der Waals surface area contributed by atoms with Crippen LogP contribution in [0.15, 0.2) is 11.4 Å². The number of likely N-dealkylation sites (tertiary alicyclic amines) is 1. The molecule has 2 heterocycles. The molecule has 0 bridgehead atoms. The zero-order valence-electron chi connectivity index (χ0n) is 8.08. The van der Waals surface area contributed by atoms with E-state index in [9.17, 15) is 0 Å². The fourth-order valence-corrected chi connectivity index (χ4v) is 2.96. The average Bonchev–Trinajstić information content (AvgIpc) is 2.75. The van der Waals surface area contributed by atoms with Crippen molar-refractivity contribution in [2.24, 2.45) is 5.73 Å². The Morgan fingerprint density at radius 2 is 2.21 bits per heavy atom. The molecule has 0 aromatic carbocycles. The van der Waals surface area contributed by atoms with Crippen LogP contribution in [-0.4, -0.2) is 24.5 Å². The highest BCUT2D eigenvalue weighted by molar-refractivity contribution is 7.14. The van der Waals surface area contributed by atoms with E-state index in [0.717, 1.165) is 16.4 Å². The van der Waals surface area contributed by atoms with Crippen LogP contribution in [-0.2, 0) is 0 Å². The van der Waals surface area contributed by atoms with E-state index >= 15 is 0 Å². The van der Waals surface area contributed by atoms with Gasteiger partial charge in [0, 0.05) is 12.6 Å². The predicted molar refractivity (Wildman–Crippen MR) is 61.9 cm³/mol. The molecule has 2 rings (SSSR count). The molecule has 2 N–H and O–H groups in total. The molecule has 1 atom stereocenters. The number of hydrogen-bond donors (Lipinski definition) is 1. The summed E-state index contributed by atoms with van der Waals surface area (Å²) in [6.45, 7) is 3.32. The van der Waals surface area contributed by atoms with Crippen LogP contribution < -0.4 is 5.73 Å². The Morgan fingerprint density at radius 1 is 1.50 bits per heavy atom. The second-order valence-electron chi connectivity index (χ2n) is 3.76. The van der Waals surface area contributed by atoms with Crippen LogP contribution >= 0.6 is 22.9 Å². The first-order valence-corrected chi connectivity index (χ1v) is 6.24. The molecular formula is C10H15ClN2S. The van der Waals surface area contributed by atoms with Gasteiger partial charge in [0.1, 0.15) is 0 Å². The van der Waals surface area contributed by atoms with Crippen LogP contribution in [0.25, 0.3) is 0 Å². The highest BCUT2D eigenvalue weighted by Gasteiger charge is 2.17. The van der Waals surface area contributed by atoms with Gasteiger partial charge >= 0.3 is 0 Å². The second-order valence-corrected chi connectivity index (χ2v) is 5.28. The third-order valence-corrected chi connectivity index (χ3v) is 3.90. The van der Waals surface area contributed by atoms with Crippen LogP contribution in [0.1, 0.15) is 24.4 Å². The minimum atomic E-state index is 0.0758. The van der Waals surface area contributed by atoms with Gasteiger partial charge in [-0.3, -0.25) is 0 Å². The molecule has 4 heteroatoms. The Labute approximate surface area is 93.7 Å². The van der Waals surface area contributed by atoms with Crippen molar-refractivity contribution in [2.75, 3.05) is 19.6 Å². The largest absolute Gasteiger partial charge is 0.323 e. The van der Waals surface area contributed by atoms with Crippen molar-refractivity contribution in [3.63, 3.8) is 0 Å². The quantitative estimate of drug-likeness (QED) is 0.865. The summed E-state index contributed by atoms with van der Waals surface area (Å²) in [5.41, 5.74) is 7.20. The zero-order valence-corrected chi connectivity index (χ0v) is 9.65. The number of halogens is 1. The average molecular weight is 231 g/mol. The van der Waals surface area contributed by atoms with E-state index in [0.29, 0.717) is 0 Å². The van der Waals surface area contributed by atoms with Crippen LogP contribution in [0, 0.1) is 0 Å². The molecule has 78 valence electrons. The van der Waals surface area contributed by atoms with Gasteiger partial charge in [0.25, 0.3) is 0 Å². The lowest BCUT2D eigenvalue weighted by molar-refractivity contribution is 0.316. The van der Waals surface area contributed by atoms with Crippen LogP contribution in [0.3, 0.4) is 0 Å². The summed E-state index contributed by atoms with van der Waals surface area (Å²) in [5, 5.41) is 2.00. The number of nitrogens with two attached hydrogens (primary N) is 1. The first-order chi connectivity index (χ1) is 6.77. The summed E-state index contributed by atoms with van der Waals surface area (Å²) in [4.78, 5) is 2.42. The second kappa shape index (κ2) is 4.62. The molecule has 1 unspecified atom stereocenters. The Balaban J connectivity index is 1.95. The minimum Gasteiger partial charge on any atom is -0.323 e. The fourth-order valence-electron chi connectivity index (χ4n) is 1.91. The van der Waals surface area contributed by atoms with Crippen molar-refractivity contribution in [2.45, 2.75) is 18.9 Å². The molecule has 0 aliphatic carbocycles. The predicted octanol–water partition coefficient (Wildman–Crippen LogP) is 2.50. The molecule has 0 spiro atoms. The number of nitrogens with zero attached hydrogens (tertiary/aromatic N) is 1. The van der Waals surface area contributed by atoms with Crippen molar-refractivity contribution in [3.05, 3.63) is 21.3 Å². The normalized spacial score (nSPS) is 20.1. The Bertz CT molecular complexity index is 294. The van der Waals surface area contributed by atoms with Gasteiger partial charge in [0.2, 0.25) is 0 Å². The lowest BCUT2D eigenvalue weighted by Gasteiger charge is -2.19. The maximum Gasteiger partial charge on any atom is 0.0976 e. The number of hydrogen-bond acceptors (Lipinski definition) is 3. The summed E-state index contributed by atoms with van der Waals surface area (Å²) in [7, 11) is 0. The van der Waals surface area contributed by atoms with Crippen molar-refractivity contribution in [1.29, 1.82) is 0 Å². The Morgan fingerprint density at radius 3 is 2.79 bits per heavy atom. The lowest BCUT2D eigenvalue weighted by atomic mass is 10.1. The Hall–Kier alpha value is -0.0900. The van der Waals surface area contributed by atoms with E-state index in [4.69, 9.17) is 17.3 Å². The van der Waals surface area contributed by atoms with Crippen LogP contribution in [0.2, 0.25) is 4.34 Å². The van der Waals surface area contributed by atoms with Gasteiger partial charge in [-0.15, -0.1) is 11.3 Å². The third kappa shape index (κ3) is 2.28. The third-order valence-electron chi connectivity index (χ3n) is 2.70. The maximum absolute atomic E-state index is 6.10. The van der Waals surface area contributed by atoms with Gasteiger partial charge in [-0.05, 0) is 42.9 Å². The van der Waals surface area contributed by atoms with Crippen molar-refractivity contribution < 1.29 is 0 Å². The molecule has 2 nitrogen and oxygen atoms in total. The van der Waals surface area contributed by atoms with Gasteiger partial charge in [-0.25, -0.2) is 0 Å². The van der Waals surface area contributed by atoms with Gasteiger partial charge in [0.15, 0.2) is 0 Å². The standard InChI is InChI=1S/C10H15ClN2S/c11-10-8(3-6-14-10)9(12)7-13-4-1-2-5-13/h3,6,9H,1-2,4-5,7,12H2. The van der Waals surface area contributed by atoms with Gasteiger partial charge in [-0.1, -0.05) is 11.6 Å². The summed E-state index contributed by atoms with van der Waals surface area (Å²) >= 11 is 7.60. The van der Waals surface area contributed by atoms with Gasteiger partial charge < -0.3 is 10.6 Å². The summed E-state index contributed by atoms with van der Waals surface area (Å²) in [6.07, 6.45) is 2.62. The molecule has 14 heavy (non-hydrogen) atoms. The van der Waals surface area contributed by atoms with E-state index in [1.54, 1.807) is 11.3 Å². The van der Waals surface area contributed by atoms with Crippen molar-refractivity contribution >= 4 is 22.9 Å². The van der Waals surface area contributed by atoms with E-state index in [2.05, 4.69) is 4.90 Å². The SMILES string of the molecule is NC(CN1CCCC1)c1ccsc1Cl. The number of rotatable bonds is 3. The molecule has 0 radical (unpaired) electrons. The summed E-state index contributed by atoms with van der Waals surface area (Å²) < 4.78 is 0.844. The monoisotopic (exact) mass is 230 g/mol. The first-order valence-electron chi connectivity index (χ1n) is 4.98. The van der Waals surface area contributed by atoms with Crippen LogP contribution in [0.5, 0.6) is 0 Å². The van der Waals surface area contributed by atoms with E-state index in [1.807, 2.05) is 11.4 Å². The van der Waals surface area contributed by atoms with Crippen molar-refractivity contribution in [3.8, 4) is 0 Å². The molecule has 1 saturated heterocycles. The number of thiophene rings is 1. The molecular weight excluding hydrogens is 216 g/mol. The smallest absolute Gasteiger partial charge is 0.0976 e. The topological polar surface area (TPSA) is 29.3 Å². The highest BCUT2D eigenvalue weighted by Crippen LogP contribution is 2.28. The van der Waals surface area contributed by atoms with E-state index in [-0.39, 0.29) is 6.04 Å². The molecule has 1 aromatic rings. The van der Waals surface area contributed by atoms with E-state index < -0.39 is 0 Å². The molecule has 1 aliphatic rings. The first kappa shape index (κ1) is 10.4. The molecule has 0 amide bonds. The summed E-state index contributed by atoms with van der Waals surface area (Å²) in [5.74, 6) is 0. The lowest BCUT2D eigenvalue weighted by Crippen LogP contribution is -2.29. The molecule has 1 fully saturated rings. The molecule has 1 aliphatic heterocycles. The minimum absolute atomic E-state index is 0.0758.